The average Bonchev–Trinajstić information content (AvgIpc) is 2.78. The van der Waals surface area contributed by atoms with Crippen LogP contribution < -0.4 is 0 Å². The number of carboxylic acid groups (broad SMARTS) is 2. The van der Waals surface area contributed by atoms with E-state index in [-0.39, 0.29) is 12.8 Å². The van der Waals surface area contributed by atoms with Gasteiger partial charge in [-0.1, -0.05) is 12.1 Å². The molecular weight excluding hydrogens is 282 g/mol. The molecule has 0 saturated heterocycles. The predicted octanol–water partition coefficient (Wildman–Crippen LogP) is 1.52. The molecule has 3 N–H and O–H groups in total. The fourth-order valence-corrected chi connectivity index (χ4v) is 2.83. The molecule has 6 nitrogen and oxygen atoms in total. The molecule has 2 rings (SSSR count). The summed E-state index contributed by atoms with van der Waals surface area (Å²) in [6, 6.07) is 7.47. The van der Waals surface area contributed by atoms with Crippen LogP contribution in [0.1, 0.15) is 17.8 Å². The molecular formula is C13H13NO5S. The van der Waals surface area contributed by atoms with Crippen LogP contribution in [0.2, 0.25) is 0 Å². The molecule has 1 aromatic heterocycles. The molecule has 0 amide bonds. The molecule has 1 unspecified atom stereocenters. The van der Waals surface area contributed by atoms with Gasteiger partial charge in [0.25, 0.3) is 0 Å². The van der Waals surface area contributed by atoms with Gasteiger partial charge < -0.3 is 15.3 Å². The van der Waals surface area contributed by atoms with Gasteiger partial charge in [0, 0.05) is 6.42 Å². The second kappa shape index (κ2) is 5.56. The summed E-state index contributed by atoms with van der Waals surface area (Å²) in [5.41, 5.74) is -1.45. The lowest BCUT2D eigenvalue weighted by atomic mass is 9.94. The van der Waals surface area contributed by atoms with Crippen LogP contribution in [0.15, 0.2) is 24.3 Å². The van der Waals surface area contributed by atoms with Crippen molar-refractivity contribution in [2.24, 2.45) is 0 Å². The van der Waals surface area contributed by atoms with Crippen molar-refractivity contribution in [3.05, 3.63) is 29.3 Å². The third kappa shape index (κ3) is 3.12. The molecule has 1 heterocycles. The van der Waals surface area contributed by atoms with Crippen LogP contribution in [0.25, 0.3) is 10.2 Å². The number of carbonyl (C=O) groups is 2. The van der Waals surface area contributed by atoms with Crippen LogP contribution in [0, 0.1) is 0 Å². The number of aromatic nitrogens is 1. The quantitative estimate of drug-likeness (QED) is 0.745. The molecule has 0 fully saturated rings. The van der Waals surface area contributed by atoms with Gasteiger partial charge in [0.05, 0.1) is 21.6 Å². The standard InChI is InChI=1S/C13H13NO5S/c15-11(16)7-13(19,12(17)18)6-5-10-14-8-3-1-2-4-9(8)20-10/h1-4,19H,5-7H2,(H,15,16)(H,17,18). The molecule has 0 aliphatic rings. The van der Waals surface area contributed by atoms with Crippen molar-refractivity contribution in [1.82, 2.24) is 4.98 Å². The van der Waals surface area contributed by atoms with Gasteiger partial charge in [0.1, 0.15) is 0 Å². The van der Waals surface area contributed by atoms with E-state index in [0.717, 1.165) is 10.2 Å². The number of rotatable bonds is 6. The molecule has 1 atom stereocenters. The molecule has 0 spiro atoms. The number of aliphatic hydroxyl groups is 1. The Morgan fingerprint density at radius 1 is 1.25 bits per heavy atom. The Balaban J connectivity index is 2.12. The van der Waals surface area contributed by atoms with Crippen molar-refractivity contribution in [2.75, 3.05) is 0 Å². The predicted molar refractivity (Wildman–Crippen MR) is 72.8 cm³/mol. The summed E-state index contributed by atoms with van der Waals surface area (Å²) >= 11 is 1.41. The Morgan fingerprint density at radius 3 is 2.55 bits per heavy atom. The van der Waals surface area contributed by atoms with Crippen molar-refractivity contribution in [2.45, 2.75) is 24.9 Å². The monoisotopic (exact) mass is 295 g/mol. The van der Waals surface area contributed by atoms with Gasteiger partial charge in [-0.3, -0.25) is 4.79 Å². The number of aryl methyl sites for hydroxylation is 1. The van der Waals surface area contributed by atoms with Crippen LogP contribution in [-0.4, -0.2) is 37.8 Å². The zero-order chi connectivity index (χ0) is 14.8. The first-order chi connectivity index (χ1) is 9.40. The zero-order valence-electron chi connectivity index (χ0n) is 10.4. The summed E-state index contributed by atoms with van der Waals surface area (Å²) < 4.78 is 0.972. The number of thiazole rings is 1. The lowest BCUT2D eigenvalue weighted by molar-refractivity contribution is -0.166. The molecule has 20 heavy (non-hydrogen) atoms. The number of hydrogen-bond donors (Lipinski definition) is 3. The maximum atomic E-state index is 11.0. The van der Waals surface area contributed by atoms with Crippen molar-refractivity contribution in [3.63, 3.8) is 0 Å². The van der Waals surface area contributed by atoms with Gasteiger partial charge in [-0.2, -0.15) is 0 Å². The largest absolute Gasteiger partial charge is 0.481 e. The molecule has 0 radical (unpaired) electrons. The van der Waals surface area contributed by atoms with Gasteiger partial charge in [0.15, 0.2) is 5.60 Å². The third-order valence-electron chi connectivity index (χ3n) is 2.93. The van der Waals surface area contributed by atoms with Crippen molar-refractivity contribution in [1.29, 1.82) is 0 Å². The highest BCUT2D eigenvalue weighted by molar-refractivity contribution is 7.18. The van der Waals surface area contributed by atoms with Crippen molar-refractivity contribution >= 4 is 33.5 Å². The first kappa shape index (κ1) is 14.4. The smallest absolute Gasteiger partial charge is 0.336 e. The van der Waals surface area contributed by atoms with E-state index in [1.54, 1.807) is 0 Å². The highest BCUT2D eigenvalue weighted by atomic mass is 32.1. The van der Waals surface area contributed by atoms with Crippen molar-refractivity contribution < 1.29 is 24.9 Å². The van der Waals surface area contributed by atoms with E-state index in [0.29, 0.717) is 5.01 Å². The van der Waals surface area contributed by atoms with E-state index in [1.165, 1.54) is 11.3 Å². The summed E-state index contributed by atoms with van der Waals surface area (Å²) in [5, 5.41) is 28.2. The van der Waals surface area contributed by atoms with Crippen LogP contribution in [0.5, 0.6) is 0 Å². The molecule has 2 aromatic rings. The highest BCUT2D eigenvalue weighted by Crippen LogP contribution is 2.25. The molecule has 0 saturated carbocycles. The minimum atomic E-state index is -2.26. The van der Waals surface area contributed by atoms with E-state index in [2.05, 4.69) is 4.98 Å². The number of nitrogens with zero attached hydrogens (tertiary/aromatic N) is 1. The Hall–Kier alpha value is -1.99. The Morgan fingerprint density at radius 2 is 1.95 bits per heavy atom. The first-order valence-corrected chi connectivity index (χ1v) is 6.74. The van der Waals surface area contributed by atoms with Crippen LogP contribution in [-0.2, 0) is 16.0 Å². The molecule has 1 aromatic carbocycles. The van der Waals surface area contributed by atoms with E-state index < -0.39 is 24.0 Å². The second-order valence-electron chi connectivity index (χ2n) is 4.48. The molecule has 106 valence electrons. The van der Waals surface area contributed by atoms with Gasteiger partial charge in [0.2, 0.25) is 0 Å². The lowest BCUT2D eigenvalue weighted by Gasteiger charge is -2.20. The SMILES string of the molecule is O=C(O)CC(O)(CCc1nc2ccccc2s1)C(=O)O. The number of carboxylic acids is 2. The zero-order valence-corrected chi connectivity index (χ0v) is 11.3. The van der Waals surface area contributed by atoms with Gasteiger partial charge in [-0.25, -0.2) is 9.78 Å². The lowest BCUT2D eigenvalue weighted by Crippen LogP contribution is -2.41. The van der Waals surface area contributed by atoms with Crippen LogP contribution in [0.4, 0.5) is 0 Å². The summed E-state index contributed by atoms with van der Waals surface area (Å²) in [5.74, 6) is -2.87. The number of aliphatic carboxylic acids is 2. The Kier molecular flexibility index (Phi) is 4.01. The normalized spacial score (nSPS) is 14.1. The fourth-order valence-electron chi connectivity index (χ4n) is 1.86. The van der Waals surface area contributed by atoms with Crippen LogP contribution >= 0.6 is 11.3 Å². The maximum absolute atomic E-state index is 11.0. The van der Waals surface area contributed by atoms with E-state index in [4.69, 9.17) is 10.2 Å². The van der Waals surface area contributed by atoms with Crippen molar-refractivity contribution in [3.8, 4) is 0 Å². The Bertz CT molecular complexity index is 620. The minimum Gasteiger partial charge on any atom is -0.481 e. The van der Waals surface area contributed by atoms with E-state index in [9.17, 15) is 14.7 Å². The first-order valence-electron chi connectivity index (χ1n) is 5.93. The van der Waals surface area contributed by atoms with E-state index in [1.807, 2.05) is 24.3 Å². The van der Waals surface area contributed by atoms with Gasteiger partial charge >= 0.3 is 11.9 Å². The molecule has 0 bridgehead atoms. The second-order valence-corrected chi connectivity index (χ2v) is 5.60. The van der Waals surface area contributed by atoms with E-state index >= 15 is 0 Å². The summed E-state index contributed by atoms with van der Waals surface area (Å²) in [6.45, 7) is 0. The molecule has 0 aliphatic heterocycles. The summed E-state index contributed by atoms with van der Waals surface area (Å²) in [7, 11) is 0. The topological polar surface area (TPSA) is 108 Å². The van der Waals surface area contributed by atoms with Gasteiger partial charge in [-0.05, 0) is 18.6 Å². The number of fused-ring (bicyclic) bond motifs is 1. The summed E-state index contributed by atoms with van der Waals surface area (Å²) in [4.78, 5) is 26.0. The molecule has 7 heteroatoms. The number of hydrogen-bond acceptors (Lipinski definition) is 5. The van der Waals surface area contributed by atoms with Crippen LogP contribution in [0.3, 0.4) is 0 Å². The average molecular weight is 295 g/mol. The van der Waals surface area contributed by atoms with Gasteiger partial charge in [-0.15, -0.1) is 11.3 Å². The maximum Gasteiger partial charge on any atom is 0.336 e. The summed E-state index contributed by atoms with van der Waals surface area (Å²) in [6.07, 6.45) is -0.795. The minimum absolute atomic E-state index is 0.186. The number of para-hydroxylation sites is 1. The fraction of sp³-hybridized carbons (Fsp3) is 0.308. The molecule has 0 aliphatic carbocycles. The Labute approximate surface area is 118 Å². The third-order valence-corrected chi connectivity index (χ3v) is 4.03. The number of benzene rings is 1. The highest BCUT2D eigenvalue weighted by Gasteiger charge is 2.38.